The summed E-state index contributed by atoms with van der Waals surface area (Å²) in [4.78, 5) is 14.6. The molecule has 3 aromatic rings. The third-order valence-electron chi connectivity index (χ3n) is 4.84. The molecule has 162 valence electrons. The average Bonchev–Trinajstić information content (AvgIpc) is 2.75. The number of amides is 1. The molecule has 0 radical (unpaired) electrons. The molecule has 0 saturated carbocycles. The molecule has 0 aliphatic rings. The molecule has 0 unspecified atom stereocenters. The van der Waals surface area contributed by atoms with Crippen LogP contribution in [0.5, 0.6) is 5.75 Å². The topological polar surface area (TPSA) is 29.5 Å². The first-order chi connectivity index (χ1) is 14.8. The van der Waals surface area contributed by atoms with Crippen LogP contribution in [0, 0.1) is 5.82 Å². The number of carbonyl (C=O) groups is 1. The summed E-state index contributed by atoms with van der Waals surface area (Å²) in [5.74, 6) is -0.0264. The molecular formula is C24H21F4NO2. The average molecular weight is 431 g/mol. The van der Waals surface area contributed by atoms with Gasteiger partial charge in [0.2, 0.25) is 5.91 Å². The van der Waals surface area contributed by atoms with Crippen LogP contribution in [0.4, 0.5) is 23.2 Å². The Hall–Kier alpha value is -3.35. The van der Waals surface area contributed by atoms with Gasteiger partial charge in [0.1, 0.15) is 11.6 Å². The van der Waals surface area contributed by atoms with E-state index in [1.807, 2.05) is 0 Å². The second-order valence-corrected chi connectivity index (χ2v) is 6.99. The molecule has 3 nitrogen and oxygen atoms in total. The Labute approximate surface area is 177 Å². The van der Waals surface area contributed by atoms with Gasteiger partial charge in [-0.2, -0.15) is 13.2 Å². The number of hydrogen-bond donors (Lipinski definition) is 0. The Kier molecular flexibility index (Phi) is 6.95. The molecule has 31 heavy (non-hydrogen) atoms. The number of benzene rings is 3. The van der Waals surface area contributed by atoms with E-state index in [0.29, 0.717) is 29.0 Å². The molecule has 0 aliphatic carbocycles. The smallest absolute Gasteiger partial charge is 0.416 e. The quantitative estimate of drug-likeness (QED) is 0.451. The molecule has 3 rings (SSSR count). The number of anilines is 1. The fourth-order valence-corrected chi connectivity index (χ4v) is 3.15. The van der Waals surface area contributed by atoms with Gasteiger partial charge < -0.3 is 9.64 Å². The summed E-state index contributed by atoms with van der Waals surface area (Å²) in [6.07, 6.45) is -3.97. The molecule has 0 aromatic heterocycles. The largest absolute Gasteiger partial charge is 0.497 e. The summed E-state index contributed by atoms with van der Waals surface area (Å²) >= 11 is 0. The van der Waals surface area contributed by atoms with Crippen molar-refractivity contribution in [2.45, 2.75) is 19.0 Å². The molecule has 3 aromatic carbocycles. The van der Waals surface area contributed by atoms with Crippen LogP contribution < -0.4 is 9.64 Å². The molecule has 7 heteroatoms. The van der Waals surface area contributed by atoms with Crippen molar-refractivity contribution in [3.05, 3.63) is 95.3 Å². The van der Waals surface area contributed by atoms with Crippen LogP contribution in [0.2, 0.25) is 0 Å². The highest BCUT2D eigenvalue weighted by Gasteiger charge is 2.30. The van der Waals surface area contributed by atoms with Gasteiger partial charge in [0.05, 0.1) is 19.1 Å². The highest BCUT2D eigenvalue weighted by Crippen LogP contribution is 2.29. The lowest BCUT2D eigenvalue weighted by molar-refractivity contribution is -0.137. The molecule has 0 N–H and O–H groups in total. The first-order valence-electron chi connectivity index (χ1n) is 9.61. The van der Waals surface area contributed by atoms with E-state index in [-0.39, 0.29) is 24.7 Å². The van der Waals surface area contributed by atoms with Crippen molar-refractivity contribution in [1.82, 2.24) is 0 Å². The summed E-state index contributed by atoms with van der Waals surface area (Å²) < 4.78 is 56.7. The summed E-state index contributed by atoms with van der Waals surface area (Å²) in [7, 11) is 1.52. The normalized spacial score (nSPS) is 11.3. The van der Waals surface area contributed by atoms with Gasteiger partial charge in [0.15, 0.2) is 0 Å². The highest BCUT2D eigenvalue weighted by molar-refractivity contribution is 5.95. The van der Waals surface area contributed by atoms with Gasteiger partial charge in [-0.3, -0.25) is 4.79 Å². The maximum absolute atomic E-state index is 13.2. The van der Waals surface area contributed by atoms with E-state index in [9.17, 15) is 22.4 Å². The van der Waals surface area contributed by atoms with Crippen molar-refractivity contribution in [2.75, 3.05) is 18.6 Å². The number of halogens is 4. The number of rotatable bonds is 7. The number of ether oxygens (including phenoxy) is 1. The molecule has 0 atom stereocenters. The zero-order chi connectivity index (χ0) is 22.4. The van der Waals surface area contributed by atoms with E-state index in [0.717, 1.165) is 12.1 Å². The minimum atomic E-state index is -4.39. The zero-order valence-corrected chi connectivity index (χ0v) is 16.8. The Bertz CT molecular complexity index is 1010. The first kappa shape index (κ1) is 22.3. The lowest BCUT2D eigenvalue weighted by atomic mass is 10.1. The van der Waals surface area contributed by atoms with E-state index in [2.05, 4.69) is 0 Å². The van der Waals surface area contributed by atoms with Gasteiger partial charge in [0.25, 0.3) is 0 Å². The van der Waals surface area contributed by atoms with Crippen LogP contribution in [0.25, 0.3) is 0 Å². The number of alkyl halides is 3. The fraction of sp³-hybridized carbons (Fsp3) is 0.208. The summed E-state index contributed by atoms with van der Waals surface area (Å²) in [5, 5.41) is 0. The highest BCUT2D eigenvalue weighted by atomic mass is 19.4. The number of carbonyl (C=O) groups excluding carboxylic acids is 1. The van der Waals surface area contributed by atoms with Gasteiger partial charge in [0, 0.05) is 18.3 Å². The third-order valence-corrected chi connectivity index (χ3v) is 4.84. The van der Waals surface area contributed by atoms with Gasteiger partial charge in [-0.25, -0.2) is 4.39 Å². The van der Waals surface area contributed by atoms with Crippen LogP contribution in [-0.2, 0) is 23.8 Å². The maximum Gasteiger partial charge on any atom is 0.416 e. The minimum Gasteiger partial charge on any atom is -0.497 e. The van der Waals surface area contributed by atoms with Crippen molar-refractivity contribution >= 4 is 11.6 Å². The van der Waals surface area contributed by atoms with Gasteiger partial charge in [-0.05, 0) is 53.9 Å². The van der Waals surface area contributed by atoms with Crippen molar-refractivity contribution in [3.8, 4) is 5.75 Å². The molecule has 0 spiro atoms. The van der Waals surface area contributed by atoms with E-state index >= 15 is 0 Å². The molecule has 0 saturated heterocycles. The second kappa shape index (κ2) is 9.64. The number of nitrogens with zero attached hydrogens (tertiary/aromatic N) is 1. The molecular weight excluding hydrogens is 410 g/mol. The molecule has 0 heterocycles. The standard InChI is InChI=1S/C24H21F4NO2/c1-31-22-4-2-3-21(16-22)29(23(30)15-18-7-11-20(25)12-8-18)14-13-17-5-9-19(10-6-17)24(26,27)28/h2-12,16H,13-15H2,1H3. The minimum absolute atomic E-state index is 0.0600. The Morgan fingerprint density at radius 3 is 2.19 bits per heavy atom. The maximum atomic E-state index is 13.2. The van der Waals surface area contributed by atoms with Crippen LogP contribution in [0.15, 0.2) is 72.8 Å². The molecule has 0 bridgehead atoms. The van der Waals surface area contributed by atoms with E-state index in [1.54, 1.807) is 41.3 Å². The number of hydrogen-bond acceptors (Lipinski definition) is 2. The SMILES string of the molecule is COc1cccc(N(CCc2ccc(C(F)(F)F)cc2)C(=O)Cc2ccc(F)cc2)c1. The lowest BCUT2D eigenvalue weighted by Crippen LogP contribution is -2.34. The van der Waals surface area contributed by atoms with Gasteiger partial charge >= 0.3 is 6.18 Å². The Morgan fingerprint density at radius 2 is 1.58 bits per heavy atom. The van der Waals surface area contributed by atoms with Gasteiger partial charge in [-0.15, -0.1) is 0 Å². The van der Waals surface area contributed by atoms with Crippen molar-refractivity contribution in [1.29, 1.82) is 0 Å². The van der Waals surface area contributed by atoms with Crippen LogP contribution in [-0.4, -0.2) is 19.6 Å². The third kappa shape index (κ3) is 6.07. The predicted octanol–water partition coefficient (Wildman–Crippen LogP) is 5.67. The second-order valence-electron chi connectivity index (χ2n) is 6.99. The summed E-state index contributed by atoms with van der Waals surface area (Å²) in [6.45, 7) is 0.262. The van der Waals surface area contributed by atoms with Crippen molar-refractivity contribution in [3.63, 3.8) is 0 Å². The van der Waals surface area contributed by atoms with Crippen LogP contribution in [0.3, 0.4) is 0 Å². The van der Waals surface area contributed by atoms with Gasteiger partial charge in [-0.1, -0.05) is 30.3 Å². The van der Waals surface area contributed by atoms with E-state index in [1.165, 1.54) is 31.4 Å². The molecule has 0 fully saturated rings. The van der Waals surface area contributed by atoms with Crippen LogP contribution in [0.1, 0.15) is 16.7 Å². The fourth-order valence-electron chi connectivity index (χ4n) is 3.15. The predicted molar refractivity (Wildman–Crippen MR) is 111 cm³/mol. The zero-order valence-electron chi connectivity index (χ0n) is 16.8. The van der Waals surface area contributed by atoms with Crippen molar-refractivity contribution < 1.29 is 27.1 Å². The lowest BCUT2D eigenvalue weighted by Gasteiger charge is -2.24. The Balaban J connectivity index is 1.79. The molecule has 0 aliphatic heterocycles. The van der Waals surface area contributed by atoms with Crippen molar-refractivity contribution in [2.24, 2.45) is 0 Å². The number of methoxy groups -OCH3 is 1. The molecule has 1 amide bonds. The Morgan fingerprint density at radius 1 is 0.935 bits per heavy atom. The summed E-state index contributed by atoms with van der Waals surface area (Å²) in [6, 6.07) is 17.6. The first-order valence-corrected chi connectivity index (χ1v) is 9.61. The van der Waals surface area contributed by atoms with E-state index < -0.39 is 11.7 Å². The monoisotopic (exact) mass is 431 g/mol. The van der Waals surface area contributed by atoms with E-state index in [4.69, 9.17) is 4.74 Å². The van der Waals surface area contributed by atoms with Crippen LogP contribution >= 0.6 is 0 Å². The summed E-state index contributed by atoms with van der Waals surface area (Å²) in [5.41, 5.74) is 1.23.